The van der Waals surface area contributed by atoms with Crippen LogP contribution in [0.4, 0.5) is 0 Å². The van der Waals surface area contributed by atoms with Gasteiger partial charge in [0.15, 0.2) is 5.82 Å². The van der Waals surface area contributed by atoms with Gasteiger partial charge in [-0.3, -0.25) is 4.79 Å². The number of rotatable bonds is 6. The molecule has 1 amide bonds. The minimum absolute atomic E-state index is 0.201. The molecule has 0 bridgehead atoms. The summed E-state index contributed by atoms with van der Waals surface area (Å²) in [4.78, 5) is 18.9. The van der Waals surface area contributed by atoms with Crippen molar-refractivity contribution in [1.29, 1.82) is 0 Å². The molecule has 1 aromatic heterocycles. The minimum atomic E-state index is 0.201. The fourth-order valence-electron chi connectivity index (χ4n) is 3.60. The van der Waals surface area contributed by atoms with Crippen molar-refractivity contribution in [3.05, 3.63) is 47.6 Å². The van der Waals surface area contributed by atoms with E-state index in [-0.39, 0.29) is 11.8 Å². The number of carbonyl (C=O) groups excluding carboxylic acids is 1. The predicted octanol–water partition coefficient (Wildman–Crippen LogP) is 3.36. The fraction of sp³-hybridized carbons (Fsp3) is 0.550. The van der Waals surface area contributed by atoms with Crippen LogP contribution >= 0.6 is 0 Å². The maximum atomic E-state index is 12.3. The van der Waals surface area contributed by atoms with Gasteiger partial charge in [0.25, 0.3) is 0 Å². The van der Waals surface area contributed by atoms with E-state index in [1.807, 2.05) is 11.0 Å². The molecule has 5 nitrogen and oxygen atoms in total. The lowest BCUT2D eigenvalue weighted by atomic mass is 9.97. The Kier molecular flexibility index (Phi) is 4.81. The van der Waals surface area contributed by atoms with Crippen LogP contribution < -0.4 is 0 Å². The molecule has 1 saturated heterocycles. The third kappa shape index (κ3) is 4.09. The molecule has 1 unspecified atom stereocenters. The first-order chi connectivity index (χ1) is 12.3. The van der Waals surface area contributed by atoms with Gasteiger partial charge in [-0.25, -0.2) is 0 Å². The van der Waals surface area contributed by atoms with Gasteiger partial charge in [0.1, 0.15) is 0 Å². The second-order valence-corrected chi connectivity index (χ2v) is 7.29. The summed E-state index contributed by atoms with van der Waals surface area (Å²) >= 11 is 0. The SMILES string of the molecule is O=C(C1CC1)N1CCCC(c2nc(CCCc3ccccc3)no2)C1. The minimum Gasteiger partial charge on any atom is -0.342 e. The van der Waals surface area contributed by atoms with E-state index in [0.717, 1.165) is 63.9 Å². The van der Waals surface area contributed by atoms with E-state index in [1.165, 1.54) is 5.56 Å². The van der Waals surface area contributed by atoms with Crippen molar-refractivity contribution >= 4 is 5.91 Å². The summed E-state index contributed by atoms with van der Waals surface area (Å²) in [6.45, 7) is 1.62. The molecule has 2 heterocycles. The third-order valence-electron chi connectivity index (χ3n) is 5.20. The summed E-state index contributed by atoms with van der Waals surface area (Å²) in [5.74, 6) is 2.31. The van der Waals surface area contributed by atoms with Crippen LogP contribution in [0.2, 0.25) is 0 Å². The van der Waals surface area contributed by atoms with Crippen LogP contribution in [0.15, 0.2) is 34.9 Å². The summed E-state index contributed by atoms with van der Waals surface area (Å²) in [5.41, 5.74) is 1.34. The fourth-order valence-corrected chi connectivity index (χ4v) is 3.60. The number of likely N-dealkylation sites (tertiary alicyclic amines) is 1. The van der Waals surface area contributed by atoms with Gasteiger partial charge in [0, 0.05) is 25.4 Å². The number of hydrogen-bond acceptors (Lipinski definition) is 4. The average molecular weight is 339 g/mol. The summed E-state index contributed by atoms with van der Waals surface area (Å²) < 4.78 is 5.51. The zero-order valence-corrected chi connectivity index (χ0v) is 14.6. The molecular weight excluding hydrogens is 314 g/mol. The highest BCUT2D eigenvalue weighted by Gasteiger charge is 2.36. The molecule has 4 rings (SSSR count). The number of amides is 1. The van der Waals surface area contributed by atoms with Crippen molar-refractivity contribution in [3.8, 4) is 0 Å². The summed E-state index contributed by atoms with van der Waals surface area (Å²) in [5, 5.41) is 4.15. The van der Waals surface area contributed by atoms with Gasteiger partial charge in [-0.1, -0.05) is 35.5 Å². The van der Waals surface area contributed by atoms with Crippen molar-refractivity contribution < 1.29 is 9.32 Å². The van der Waals surface area contributed by atoms with E-state index in [2.05, 4.69) is 34.4 Å². The van der Waals surface area contributed by atoms with Crippen LogP contribution in [-0.4, -0.2) is 34.0 Å². The van der Waals surface area contributed by atoms with E-state index in [0.29, 0.717) is 11.8 Å². The first kappa shape index (κ1) is 16.3. The molecule has 1 saturated carbocycles. The molecule has 2 aromatic rings. The number of hydrogen-bond donors (Lipinski definition) is 0. The van der Waals surface area contributed by atoms with Gasteiger partial charge in [-0.05, 0) is 44.1 Å². The van der Waals surface area contributed by atoms with Gasteiger partial charge in [0.05, 0.1) is 5.92 Å². The van der Waals surface area contributed by atoms with Crippen LogP contribution in [0.5, 0.6) is 0 Å². The van der Waals surface area contributed by atoms with E-state index < -0.39 is 0 Å². The molecule has 2 fully saturated rings. The van der Waals surface area contributed by atoms with E-state index in [4.69, 9.17) is 4.52 Å². The molecule has 25 heavy (non-hydrogen) atoms. The highest BCUT2D eigenvalue weighted by Crippen LogP contribution is 2.34. The lowest BCUT2D eigenvalue weighted by Crippen LogP contribution is -2.40. The maximum Gasteiger partial charge on any atom is 0.231 e. The number of piperidine rings is 1. The van der Waals surface area contributed by atoms with Gasteiger partial charge in [0.2, 0.25) is 11.8 Å². The molecule has 5 heteroatoms. The van der Waals surface area contributed by atoms with Crippen LogP contribution in [0, 0.1) is 5.92 Å². The van der Waals surface area contributed by atoms with E-state index in [1.54, 1.807) is 0 Å². The molecule has 0 N–H and O–H groups in total. The van der Waals surface area contributed by atoms with Crippen LogP contribution in [0.1, 0.15) is 55.3 Å². The lowest BCUT2D eigenvalue weighted by Gasteiger charge is -2.31. The first-order valence-electron chi connectivity index (χ1n) is 9.45. The second kappa shape index (κ2) is 7.38. The number of carbonyl (C=O) groups is 1. The molecule has 1 aliphatic heterocycles. The molecule has 0 radical (unpaired) electrons. The van der Waals surface area contributed by atoms with Crippen LogP contribution in [-0.2, 0) is 17.6 Å². The average Bonchev–Trinajstić information content (AvgIpc) is 3.41. The molecular formula is C20H25N3O2. The number of nitrogens with zero attached hydrogens (tertiary/aromatic N) is 3. The highest BCUT2D eigenvalue weighted by atomic mass is 16.5. The van der Waals surface area contributed by atoms with Crippen LogP contribution in [0.25, 0.3) is 0 Å². The molecule has 1 aliphatic carbocycles. The van der Waals surface area contributed by atoms with Crippen LogP contribution in [0.3, 0.4) is 0 Å². The monoisotopic (exact) mass is 339 g/mol. The normalized spacial score (nSPS) is 20.6. The molecule has 2 aliphatic rings. The molecule has 0 spiro atoms. The first-order valence-corrected chi connectivity index (χ1v) is 9.45. The zero-order valence-electron chi connectivity index (χ0n) is 14.6. The Morgan fingerprint density at radius 3 is 2.80 bits per heavy atom. The molecule has 1 aromatic carbocycles. The van der Waals surface area contributed by atoms with Crippen molar-refractivity contribution in [1.82, 2.24) is 15.0 Å². The number of aromatic nitrogens is 2. The largest absolute Gasteiger partial charge is 0.342 e. The van der Waals surface area contributed by atoms with E-state index in [9.17, 15) is 4.79 Å². The topological polar surface area (TPSA) is 59.2 Å². The Morgan fingerprint density at radius 2 is 2.00 bits per heavy atom. The Balaban J connectivity index is 1.30. The van der Waals surface area contributed by atoms with Crippen molar-refractivity contribution in [3.63, 3.8) is 0 Å². The lowest BCUT2D eigenvalue weighted by molar-refractivity contribution is -0.133. The standard InChI is InChI=1S/C20H25N3O2/c24-20(16-11-12-16)23-13-5-9-17(14-23)19-21-18(22-25-19)10-4-8-15-6-2-1-3-7-15/h1-3,6-7,16-17H,4-5,8-14H2. The quantitative estimate of drug-likeness (QED) is 0.810. The van der Waals surface area contributed by atoms with Crippen molar-refractivity contribution in [2.75, 3.05) is 13.1 Å². The second-order valence-electron chi connectivity index (χ2n) is 7.29. The Labute approximate surface area is 148 Å². The number of aryl methyl sites for hydroxylation is 2. The smallest absolute Gasteiger partial charge is 0.231 e. The molecule has 132 valence electrons. The Hall–Kier alpha value is -2.17. The molecule has 1 atom stereocenters. The summed E-state index contributed by atoms with van der Waals surface area (Å²) in [6.07, 6.45) is 7.04. The Morgan fingerprint density at radius 1 is 1.16 bits per heavy atom. The maximum absolute atomic E-state index is 12.3. The van der Waals surface area contributed by atoms with Crippen molar-refractivity contribution in [2.24, 2.45) is 5.92 Å². The van der Waals surface area contributed by atoms with Gasteiger partial charge >= 0.3 is 0 Å². The van der Waals surface area contributed by atoms with Gasteiger partial charge < -0.3 is 9.42 Å². The van der Waals surface area contributed by atoms with Gasteiger partial charge in [-0.2, -0.15) is 4.98 Å². The summed E-state index contributed by atoms with van der Waals surface area (Å²) in [6, 6.07) is 10.5. The zero-order chi connectivity index (χ0) is 17.1. The van der Waals surface area contributed by atoms with E-state index >= 15 is 0 Å². The Bertz CT molecular complexity index is 709. The highest BCUT2D eigenvalue weighted by molar-refractivity contribution is 5.81. The van der Waals surface area contributed by atoms with Gasteiger partial charge in [-0.15, -0.1) is 0 Å². The summed E-state index contributed by atoms with van der Waals surface area (Å²) in [7, 11) is 0. The predicted molar refractivity (Wildman–Crippen MR) is 94.0 cm³/mol. The number of benzene rings is 1. The third-order valence-corrected chi connectivity index (χ3v) is 5.20. The van der Waals surface area contributed by atoms with Crippen molar-refractivity contribution in [2.45, 2.75) is 50.9 Å².